The molecule has 21 heavy (non-hydrogen) atoms. The highest BCUT2D eigenvalue weighted by Crippen LogP contribution is 2.20. The van der Waals surface area contributed by atoms with Gasteiger partial charge in [0.25, 0.3) is 5.91 Å². The number of benzene rings is 1. The standard InChI is InChI=1S/C14H13ClN2O3S/c1-8(18)12-7-21-14(16-12)17-13(19)9(2)20-11-5-3-4-10(15)6-11/h3-7,9H,1-2H3,(H,16,17,19)/t9-/m0/s1. The Labute approximate surface area is 130 Å². The minimum Gasteiger partial charge on any atom is -0.481 e. The minimum absolute atomic E-state index is 0.144. The maximum atomic E-state index is 12.0. The van der Waals surface area contributed by atoms with E-state index in [0.29, 0.717) is 21.6 Å². The van der Waals surface area contributed by atoms with Gasteiger partial charge in [-0.15, -0.1) is 11.3 Å². The Morgan fingerprint density at radius 1 is 1.43 bits per heavy atom. The lowest BCUT2D eigenvalue weighted by Crippen LogP contribution is -2.30. The third-order valence-corrected chi connectivity index (χ3v) is 3.57. The number of hydrogen-bond acceptors (Lipinski definition) is 5. The minimum atomic E-state index is -0.715. The highest BCUT2D eigenvalue weighted by atomic mass is 35.5. The summed E-state index contributed by atoms with van der Waals surface area (Å²) in [5.41, 5.74) is 0.332. The van der Waals surface area contributed by atoms with Crippen LogP contribution in [0.4, 0.5) is 5.13 Å². The van der Waals surface area contributed by atoms with E-state index in [2.05, 4.69) is 10.3 Å². The van der Waals surface area contributed by atoms with Gasteiger partial charge in [-0.2, -0.15) is 0 Å². The van der Waals surface area contributed by atoms with E-state index in [4.69, 9.17) is 16.3 Å². The normalized spacial score (nSPS) is 11.8. The van der Waals surface area contributed by atoms with Crippen molar-refractivity contribution in [2.75, 3.05) is 5.32 Å². The van der Waals surface area contributed by atoms with Crippen LogP contribution in [0.15, 0.2) is 29.6 Å². The lowest BCUT2D eigenvalue weighted by atomic mass is 10.3. The first-order valence-electron chi connectivity index (χ1n) is 6.15. The fourth-order valence-corrected chi connectivity index (χ4v) is 2.43. The van der Waals surface area contributed by atoms with Crippen molar-refractivity contribution >= 4 is 39.8 Å². The molecule has 0 aliphatic rings. The van der Waals surface area contributed by atoms with Crippen LogP contribution in [0.1, 0.15) is 24.3 Å². The molecule has 0 saturated heterocycles. The van der Waals surface area contributed by atoms with Crippen LogP contribution in [0.3, 0.4) is 0 Å². The molecule has 0 aliphatic carbocycles. The van der Waals surface area contributed by atoms with Gasteiger partial charge in [0.2, 0.25) is 0 Å². The molecule has 0 unspecified atom stereocenters. The number of halogens is 1. The molecule has 2 rings (SSSR count). The van der Waals surface area contributed by atoms with Crippen molar-refractivity contribution in [2.45, 2.75) is 20.0 Å². The molecule has 0 saturated carbocycles. The first kappa shape index (κ1) is 15.5. The third-order valence-electron chi connectivity index (χ3n) is 2.57. The van der Waals surface area contributed by atoms with E-state index in [0.717, 1.165) is 0 Å². The molecule has 0 aliphatic heterocycles. The number of amides is 1. The Balaban J connectivity index is 1.97. The van der Waals surface area contributed by atoms with Gasteiger partial charge in [0.05, 0.1) is 0 Å². The number of thiazole rings is 1. The smallest absolute Gasteiger partial charge is 0.266 e. The first-order chi connectivity index (χ1) is 9.95. The number of anilines is 1. The molecule has 0 bridgehead atoms. The summed E-state index contributed by atoms with van der Waals surface area (Å²) >= 11 is 7.04. The van der Waals surface area contributed by atoms with Crippen molar-refractivity contribution in [1.82, 2.24) is 4.98 Å². The maximum Gasteiger partial charge on any atom is 0.266 e. The Kier molecular flexibility index (Phi) is 4.93. The number of Topliss-reactive ketones (excluding diaryl/α,β-unsaturated/α-hetero) is 1. The number of hydrogen-bond donors (Lipinski definition) is 1. The van der Waals surface area contributed by atoms with E-state index in [9.17, 15) is 9.59 Å². The number of ether oxygens (including phenoxy) is 1. The molecule has 0 fully saturated rings. The van der Waals surface area contributed by atoms with E-state index in [1.165, 1.54) is 18.3 Å². The number of carbonyl (C=O) groups is 2. The summed E-state index contributed by atoms with van der Waals surface area (Å²) in [6, 6.07) is 6.80. The second-order valence-electron chi connectivity index (χ2n) is 4.30. The number of aromatic nitrogens is 1. The maximum absolute atomic E-state index is 12.0. The van der Waals surface area contributed by atoms with E-state index in [1.807, 2.05) is 0 Å². The van der Waals surface area contributed by atoms with Crippen LogP contribution in [-0.4, -0.2) is 22.8 Å². The number of rotatable bonds is 5. The van der Waals surface area contributed by atoms with E-state index in [-0.39, 0.29) is 11.7 Å². The van der Waals surface area contributed by atoms with Crippen molar-refractivity contribution in [3.05, 3.63) is 40.4 Å². The summed E-state index contributed by atoms with van der Waals surface area (Å²) in [6.45, 7) is 3.04. The quantitative estimate of drug-likeness (QED) is 0.856. The van der Waals surface area contributed by atoms with Crippen LogP contribution < -0.4 is 10.1 Å². The summed E-state index contributed by atoms with van der Waals surface area (Å²) < 4.78 is 5.50. The summed E-state index contributed by atoms with van der Waals surface area (Å²) in [5, 5.41) is 5.11. The first-order valence-corrected chi connectivity index (χ1v) is 7.41. The Morgan fingerprint density at radius 3 is 2.81 bits per heavy atom. The summed E-state index contributed by atoms with van der Waals surface area (Å²) in [6.07, 6.45) is -0.715. The van der Waals surface area contributed by atoms with Crippen LogP contribution in [0.5, 0.6) is 5.75 Å². The second kappa shape index (κ2) is 6.69. The van der Waals surface area contributed by atoms with Crippen LogP contribution >= 0.6 is 22.9 Å². The number of nitrogens with one attached hydrogen (secondary N) is 1. The number of carbonyl (C=O) groups excluding carboxylic acids is 2. The van der Waals surface area contributed by atoms with E-state index < -0.39 is 6.10 Å². The fourth-order valence-electron chi connectivity index (χ4n) is 1.50. The van der Waals surface area contributed by atoms with Gasteiger partial charge in [-0.1, -0.05) is 17.7 Å². The topological polar surface area (TPSA) is 68.3 Å². The Hall–Kier alpha value is -1.92. The average molecular weight is 325 g/mol. The summed E-state index contributed by atoms with van der Waals surface area (Å²) in [5.74, 6) is 0.0168. The zero-order valence-corrected chi connectivity index (χ0v) is 13.0. The highest BCUT2D eigenvalue weighted by Gasteiger charge is 2.17. The molecular formula is C14H13ClN2O3S. The van der Waals surface area contributed by atoms with E-state index >= 15 is 0 Å². The van der Waals surface area contributed by atoms with Gasteiger partial charge in [-0.3, -0.25) is 14.9 Å². The Morgan fingerprint density at radius 2 is 2.19 bits per heavy atom. The lowest BCUT2D eigenvalue weighted by molar-refractivity contribution is -0.122. The monoisotopic (exact) mass is 324 g/mol. The van der Waals surface area contributed by atoms with Crippen molar-refractivity contribution in [2.24, 2.45) is 0 Å². The molecule has 1 aromatic carbocycles. The molecule has 2 aromatic rings. The van der Waals surface area contributed by atoms with Gasteiger partial charge >= 0.3 is 0 Å². The van der Waals surface area contributed by atoms with Crippen LogP contribution in [0, 0.1) is 0 Å². The van der Waals surface area contributed by atoms with Crippen molar-refractivity contribution in [3.63, 3.8) is 0 Å². The molecule has 1 amide bonds. The van der Waals surface area contributed by atoms with Crippen molar-refractivity contribution < 1.29 is 14.3 Å². The van der Waals surface area contributed by atoms with Crippen molar-refractivity contribution in [3.8, 4) is 5.75 Å². The fraction of sp³-hybridized carbons (Fsp3) is 0.214. The highest BCUT2D eigenvalue weighted by molar-refractivity contribution is 7.14. The van der Waals surface area contributed by atoms with Gasteiger partial charge in [0.15, 0.2) is 17.0 Å². The largest absolute Gasteiger partial charge is 0.481 e. The molecule has 0 radical (unpaired) electrons. The molecule has 0 spiro atoms. The number of nitrogens with zero attached hydrogens (tertiary/aromatic N) is 1. The molecule has 1 N–H and O–H groups in total. The third kappa shape index (κ3) is 4.27. The van der Waals surface area contributed by atoms with Crippen molar-refractivity contribution in [1.29, 1.82) is 0 Å². The zero-order chi connectivity index (χ0) is 15.4. The summed E-state index contributed by atoms with van der Waals surface area (Å²) in [4.78, 5) is 27.2. The molecule has 5 nitrogen and oxygen atoms in total. The van der Waals surface area contributed by atoms with Gasteiger partial charge < -0.3 is 4.74 Å². The lowest BCUT2D eigenvalue weighted by Gasteiger charge is -2.13. The zero-order valence-electron chi connectivity index (χ0n) is 11.4. The molecule has 7 heteroatoms. The van der Waals surface area contributed by atoms with Crippen LogP contribution in [0.2, 0.25) is 5.02 Å². The predicted molar refractivity (Wildman–Crippen MR) is 82.3 cm³/mol. The Bertz CT molecular complexity index is 672. The van der Waals surface area contributed by atoms with Gasteiger partial charge in [0.1, 0.15) is 11.4 Å². The average Bonchev–Trinajstić information content (AvgIpc) is 2.87. The molecule has 110 valence electrons. The molecular weight excluding hydrogens is 312 g/mol. The van der Waals surface area contributed by atoms with Gasteiger partial charge in [0, 0.05) is 17.3 Å². The van der Waals surface area contributed by atoms with Crippen LogP contribution in [-0.2, 0) is 4.79 Å². The predicted octanol–water partition coefficient (Wildman–Crippen LogP) is 3.41. The van der Waals surface area contributed by atoms with Gasteiger partial charge in [-0.05, 0) is 25.1 Å². The molecule has 1 aromatic heterocycles. The molecule has 1 heterocycles. The number of ketones is 1. The SMILES string of the molecule is CC(=O)c1csc(NC(=O)[C@H](C)Oc2cccc(Cl)c2)n1. The molecule has 1 atom stereocenters. The van der Waals surface area contributed by atoms with Gasteiger partial charge in [-0.25, -0.2) is 4.98 Å². The second-order valence-corrected chi connectivity index (χ2v) is 5.60. The summed E-state index contributed by atoms with van der Waals surface area (Å²) in [7, 11) is 0. The van der Waals surface area contributed by atoms with Crippen LogP contribution in [0.25, 0.3) is 0 Å². The van der Waals surface area contributed by atoms with E-state index in [1.54, 1.807) is 36.6 Å².